The van der Waals surface area contributed by atoms with E-state index in [1.165, 1.54) is 0 Å². The van der Waals surface area contributed by atoms with Gasteiger partial charge in [0.25, 0.3) is 0 Å². The van der Waals surface area contributed by atoms with Crippen molar-refractivity contribution in [2.24, 2.45) is 7.05 Å². The molecule has 0 fully saturated rings. The molecule has 1 aromatic rings. The standard InChI is InChI=1S/C8H13N2S/c1-3-4-7-11-8-9-5-6-10(8)2/h5-6H,1,3-4,7H2,2H3. The van der Waals surface area contributed by atoms with Crippen molar-refractivity contribution in [1.82, 2.24) is 9.55 Å². The molecule has 0 aliphatic carbocycles. The fourth-order valence-corrected chi connectivity index (χ4v) is 1.69. The van der Waals surface area contributed by atoms with Gasteiger partial charge in [-0.05, 0) is 6.42 Å². The molecule has 0 aliphatic heterocycles. The number of nitrogens with zero attached hydrogens (tertiary/aromatic N) is 2. The van der Waals surface area contributed by atoms with Crippen LogP contribution in [0.25, 0.3) is 0 Å². The molecule has 0 saturated heterocycles. The lowest BCUT2D eigenvalue weighted by molar-refractivity contribution is 0.788. The molecule has 0 saturated carbocycles. The van der Waals surface area contributed by atoms with Gasteiger partial charge in [0.15, 0.2) is 5.16 Å². The summed E-state index contributed by atoms with van der Waals surface area (Å²) in [7, 11) is 2.01. The number of unbranched alkanes of at least 4 members (excludes halogenated alkanes) is 1. The van der Waals surface area contributed by atoms with E-state index in [0.717, 1.165) is 23.8 Å². The summed E-state index contributed by atoms with van der Waals surface area (Å²) in [4.78, 5) is 4.19. The van der Waals surface area contributed by atoms with E-state index in [0.29, 0.717) is 0 Å². The smallest absolute Gasteiger partial charge is 0.167 e. The fraction of sp³-hybridized carbons (Fsp3) is 0.500. The molecule has 1 rings (SSSR count). The first kappa shape index (κ1) is 8.65. The molecule has 1 heterocycles. The molecule has 61 valence electrons. The molecule has 0 amide bonds. The molecular weight excluding hydrogens is 156 g/mol. The minimum Gasteiger partial charge on any atom is -0.329 e. The summed E-state index contributed by atoms with van der Waals surface area (Å²) in [6, 6.07) is 0. The van der Waals surface area contributed by atoms with Crippen LogP contribution in [0.5, 0.6) is 0 Å². The Kier molecular flexibility index (Phi) is 3.49. The predicted molar refractivity (Wildman–Crippen MR) is 48.5 cm³/mol. The summed E-state index contributed by atoms with van der Waals surface area (Å²) >= 11 is 1.79. The number of hydrogen-bond donors (Lipinski definition) is 0. The van der Waals surface area contributed by atoms with Gasteiger partial charge in [-0.2, -0.15) is 0 Å². The Morgan fingerprint density at radius 2 is 2.55 bits per heavy atom. The summed E-state index contributed by atoms with van der Waals surface area (Å²) in [5, 5.41) is 1.10. The highest BCUT2D eigenvalue weighted by Crippen LogP contribution is 2.15. The van der Waals surface area contributed by atoms with Gasteiger partial charge in [-0.25, -0.2) is 4.98 Å². The lowest BCUT2D eigenvalue weighted by Gasteiger charge is -1.98. The SMILES string of the molecule is [CH2]CCCSc1nccn1C. The third kappa shape index (κ3) is 2.58. The van der Waals surface area contributed by atoms with Crippen LogP contribution in [0.4, 0.5) is 0 Å². The molecule has 0 aromatic carbocycles. The Hall–Kier alpha value is -0.440. The van der Waals surface area contributed by atoms with Gasteiger partial charge in [-0.3, -0.25) is 0 Å². The van der Waals surface area contributed by atoms with Gasteiger partial charge in [0.2, 0.25) is 0 Å². The van der Waals surface area contributed by atoms with E-state index in [9.17, 15) is 0 Å². The first-order chi connectivity index (χ1) is 5.34. The zero-order valence-corrected chi connectivity index (χ0v) is 7.60. The Morgan fingerprint density at radius 3 is 3.09 bits per heavy atom. The van der Waals surface area contributed by atoms with Gasteiger partial charge in [-0.15, -0.1) is 0 Å². The van der Waals surface area contributed by atoms with Crippen LogP contribution in [-0.4, -0.2) is 15.3 Å². The fourth-order valence-electron chi connectivity index (χ4n) is 0.757. The normalized spacial score (nSPS) is 10.4. The van der Waals surface area contributed by atoms with E-state index in [1.54, 1.807) is 11.8 Å². The molecule has 1 radical (unpaired) electrons. The highest BCUT2D eigenvalue weighted by molar-refractivity contribution is 7.99. The average molecular weight is 169 g/mol. The Bertz CT molecular complexity index is 208. The maximum atomic E-state index is 4.19. The molecule has 0 bridgehead atoms. The Balaban J connectivity index is 2.32. The van der Waals surface area contributed by atoms with E-state index in [2.05, 4.69) is 11.9 Å². The van der Waals surface area contributed by atoms with E-state index in [-0.39, 0.29) is 0 Å². The van der Waals surface area contributed by atoms with Crippen molar-refractivity contribution in [3.05, 3.63) is 19.3 Å². The lowest BCUT2D eigenvalue weighted by atomic mass is 10.4. The molecule has 11 heavy (non-hydrogen) atoms. The van der Waals surface area contributed by atoms with E-state index in [1.807, 2.05) is 24.0 Å². The van der Waals surface area contributed by atoms with Crippen LogP contribution in [0.1, 0.15) is 12.8 Å². The van der Waals surface area contributed by atoms with Gasteiger partial charge in [-0.1, -0.05) is 25.1 Å². The number of hydrogen-bond acceptors (Lipinski definition) is 2. The van der Waals surface area contributed by atoms with Crippen molar-refractivity contribution < 1.29 is 0 Å². The second-order valence-electron chi connectivity index (χ2n) is 2.38. The minimum absolute atomic E-state index is 1.01. The van der Waals surface area contributed by atoms with Gasteiger partial charge in [0, 0.05) is 25.2 Å². The molecule has 0 spiro atoms. The maximum Gasteiger partial charge on any atom is 0.167 e. The number of imidazole rings is 1. The molecule has 0 atom stereocenters. The van der Waals surface area contributed by atoms with Crippen LogP contribution in [-0.2, 0) is 7.05 Å². The van der Waals surface area contributed by atoms with Crippen LogP contribution in [0, 0.1) is 6.92 Å². The maximum absolute atomic E-state index is 4.19. The molecular formula is C8H13N2S. The number of rotatable bonds is 4. The average Bonchev–Trinajstić information content (AvgIpc) is 2.37. The van der Waals surface area contributed by atoms with Crippen molar-refractivity contribution >= 4 is 11.8 Å². The zero-order chi connectivity index (χ0) is 8.10. The van der Waals surface area contributed by atoms with Crippen LogP contribution in [0.2, 0.25) is 0 Å². The predicted octanol–water partition coefficient (Wildman–Crippen LogP) is 2.13. The summed E-state index contributed by atoms with van der Waals surface area (Å²) < 4.78 is 2.04. The second-order valence-corrected chi connectivity index (χ2v) is 3.44. The molecule has 0 unspecified atom stereocenters. The van der Waals surface area contributed by atoms with Gasteiger partial charge >= 0.3 is 0 Å². The van der Waals surface area contributed by atoms with Crippen molar-refractivity contribution in [2.75, 3.05) is 5.75 Å². The van der Waals surface area contributed by atoms with Crippen molar-refractivity contribution in [1.29, 1.82) is 0 Å². The summed E-state index contributed by atoms with van der Waals surface area (Å²) in [5.41, 5.74) is 0. The van der Waals surface area contributed by atoms with Crippen molar-refractivity contribution in [3.8, 4) is 0 Å². The summed E-state index contributed by atoms with van der Waals surface area (Å²) in [5.74, 6) is 1.12. The van der Waals surface area contributed by atoms with E-state index < -0.39 is 0 Å². The van der Waals surface area contributed by atoms with Gasteiger partial charge in [0.05, 0.1) is 0 Å². The van der Waals surface area contributed by atoms with E-state index >= 15 is 0 Å². The molecule has 1 aromatic heterocycles. The van der Waals surface area contributed by atoms with Crippen LogP contribution >= 0.6 is 11.8 Å². The highest BCUT2D eigenvalue weighted by atomic mass is 32.2. The zero-order valence-electron chi connectivity index (χ0n) is 6.79. The van der Waals surface area contributed by atoms with Gasteiger partial charge in [0.1, 0.15) is 0 Å². The quantitative estimate of drug-likeness (QED) is 0.507. The molecule has 0 N–H and O–H groups in total. The second kappa shape index (κ2) is 4.44. The van der Waals surface area contributed by atoms with Crippen molar-refractivity contribution in [3.63, 3.8) is 0 Å². The third-order valence-electron chi connectivity index (χ3n) is 1.40. The topological polar surface area (TPSA) is 17.8 Å². The Morgan fingerprint density at radius 1 is 1.73 bits per heavy atom. The van der Waals surface area contributed by atoms with Crippen LogP contribution < -0.4 is 0 Å². The summed E-state index contributed by atoms with van der Waals surface area (Å²) in [6.07, 6.45) is 5.97. The molecule has 2 nitrogen and oxygen atoms in total. The molecule has 0 aliphatic rings. The van der Waals surface area contributed by atoms with Crippen molar-refractivity contribution in [2.45, 2.75) is 18.0 Å². The number of aromatic nitrogens is 2. The monoisotopic (exact) mass is 169 g/mol. The van der Waals surface area contributed by atoms with E-state index in [4.69, 9.17) is 0 Å². The van der Waals surface area contributed by atoms with Gasteiger partial charge < -0.3 is 4.57 Å². The largest absolute Gasteiger partial charge is 0.329 e. The first-order valence-electron chi connectivity index (χ1n) is 3.74. The molecule has 3 heteroatoms. The Labute approximate surface area is 72.0 Å². The third-order valence-corrected chi connectivity index (χ3v) is 2.55. The highest BCUT2D eigenvalue weighted by Gasteiger charge is 1.97. The van der Waals surface area contributed by atoms with Crippen LogP contribution in [0.3, 0.4) is 0 Å². The first-order valence-corrected chi connectivity index (χ1v) is 4.72. The lowest BCUT2D eigenvalue weighted by Crippen LogP contribution is -1.89. The number of thioether (sulfide) groups is 1. The summed E-state index contributed by atoms with van der Waals surface area (Å²) in [6.45, 7) is 3.79. The minimum atomic E-state index is 1.01. The number of aryl methyl sites for hydroxylation is 1. The van der Waals surface area contributed by atoms with Crippen LogP contribution in [0.15, 0.2) is 17.6 Å².